The van der Waals surface area contributed by atoms with Gasteiger partial charge in [0.1, 0.15) is 0 Å². The van der Waals surface area contributed by atoms with Gasteiger partial charge in [0.25, 0.3) is 0 Å². The molecule has 1 heterocycles. The molecule has 1 aliphatic rings. The summed E-state index contributed by atoms with van der Waals surface area (Å²) in [5, 5.41) is 18.4. The molecule has 1 aromatic carbocycles. The van der Waals surface area contributed by atoms with Gasteiger partial charge < -0.3 is 14.5 Å². The lowest BCUT2D eigenvalue weighted by Gasteiger charge is -2.37. The van der Waals surface area contributed by atoms with E-state index in [2.05, 4.69) is 33.9 Å². The molecule has 9 heteroatoms. The van der Waals surface area contributed by atoms with Crippen molar-refractivity contribution in [3.05, 3.63) is 24.3 Å². The van der Waals surface area contributed by atoms with E-state index in [-0.39, 0.29) is 21.4 Å². The smallest absolute Gasteiger partial charge is 0.423 e. The Labute approximate surface area is 158 Å². The van der Waals surface area contributed by atoms with Crippen molar-refractivity contribution < 1.29 is 22.9 Å². The number of hydrogen-bond acceptors (Lipinski definition) is 5. The number of sulfonamides is 1. The Hall–Kier alpha value is -0.708. The molecular formula is C17H30BNO5SSi. The van der Waals surface area contributed by atoms with Crippen molar-refractivity contribution in [1.82, 2.24) is 4.31 Å². The lowest BCUT2D eigenvalue weighted by Crippen LogP contribution is -2.45. The van der Waals surface area contributed by atoms with Gasteiger partial charge >= 0.3 is 7.12 Å². The minimum Gasteiger partial charge on any atom is -0.423 e. The standard InChI is InChI=1S/C17H30BNO5SSi/c1-17(2,3)26(4,5)24-13-15-7-6-12-19(15)25(22,23)16-10-8-14(9-11-16)18(20)21/h8-11,15,20-21H,6-7,12-13H2,1-5H3/t15-/m1/s1. The topological polar surface area (TPSA) is 87.1 Å². The third kappa shape index (κ3) is 4.58. The first kappa shape index (κ1) is 21.6. The summed E-state index contributed by atoms with van der Waals surface area (Å²) in [5.41, 5.74) is 0.267. The van der Waals surface area contributed by atoms with Gasteiger partial charge in [-0.05, 0) is 48.6 Å². The lowest BCUT2D eigenvalue weighted by atomic mass is 9.81. The summed E-state index contributed by atoms with van der Waals surface area (Å²) in [6.45, 7) is 11.7. The molecule has 1 fully saturated rings. The maximum absolute atomic E-state index is 13.0. The molecule has 1 saturated heterocycles. The van der Waals surface area contributed by atoms with Crippen molar-refractivity contribution in [1.29, 1.82) is 0 Å². The minimum atomic E-state index is -3.63. The predicted molar refractivity (Wildman–Crippen MR) is 106 cm³/mol. The molecule has 0 radical (unpaired) electrons. The van der Waals surface area contributed by atoms with Gasteiger partial charge in [0.15, 0.2) is 8.32 Å². The molecule has 0 aromatic heterocycles. The Kier molecular flexibility index (Phi) is 6.42. The molecule has 146 valence electrons. The van der Waals surface area contributed by atoms with Gasteiger partial charge in [-0.15, -0.1) is 0 Å². The Bertz CT molecular complexity index is 716. The van der Waals surface area contributed by atoms with Crippen LogP contribution in [0.5, 0.6) is 0 Å². The van der Waals surface area contributed by atoms with Crippen LogP contribution in [0, 0.1) is 0 Å². The third-order valence-corrected chi connectivity index (χ3v) is 12.0. The summed E-state index contributed by atoms with van der Waals surface area (Å²) in [7, 11) is -7.17. The summed E-state index contributed by atoms with van der Waals surface area (Å²) in [6, 6.07) is 5.54. The zero-order valence-corrected chi connectivity index (χ0v) is 18.1. The quantitative estimate of drug-likeness (QED) is 0.709. The first-order valence-electron chi connectivity index (χ1n) is 8.98. The van der Waals surface area contributed by atoms with Crippen molar-refractivity contribution in [3.63, 3.8) is 0 Å². The van der Waals surface area contributed by atoms with Gasteiger partial charge in [-0.1, -0.05) is 32.9 Å². The number of nitrogens with zero attached hydrogens (tertiary/aromatic N) is 1. The minimum absolute atomic E-state index is 0.0796. The number of rotatable bonds is 6. The van der Waals surface area contributed by atoms with Crippen LogP contribution in [0.15, 0.2) is 29.2 Å². The van der Waals surface area contributed by atoms with Gasteiger partial charge in [-0.2, -0.15) is 4.31 Å². The zero-order chi connectivity index (χ0) is 19.8. The Balaban J connectivity index is 2.15. The summed E-state index contributed by atoms with van der Waals surface area (Å²) in [6.07, 6.45) is 1.61. The first-order valence-corrected chi connectivity index (χ1v) is 13.3. The zero-order valence-electron chi connectivity index (χ0n) is 16.3. The average Bonchev–Trinajstić information content (AvgIpc) is 3.01. The van der Waals surface area contributed by atoms with Gasteiger partial charge in [-0.3, -0.25) is 0 Å². The van der Waals surface area contributed by atoms with Crippen LogP contribution in [0.2, 0.25) is 18.1 Å². The molecule has 0 saturated carbocycles. The van der Waals surface area contributed by atoms with Crippen LogP contribution >= 0.6 is 0 Å². The predicted octanol–water partition coefficient (Wildman–Crippen LogP) is 1.54. The van der Waals surface area contributed by atoms with E-state index >= 15 is 0 Å². The molecule has 1 aliphatic heterocycles. The Morgan fingerprint density at radius 2 is 1.81 bits per heavy atom. The van der Waals surface area contributed by atoms with Crippen molar-refractivity contribution >= 4 is 30.9 Å². The van der Waals surface area contributed by atoms with E-state index in [1.807, 2.05) is 0 Å². The molecule has 2 N–H and O–H groups in total. The van der Waals surface area contributed by atoms with Crippen LogP contribution in [0.4, 0.5) is 0 Å². The largest absolute Gasteiger partial charge is 0.488 e. The van der Waals surface area contributed by atoms with Crippen LogP contribution in [-0.2, 0) is 14.4 Å². The monoisotopic (exact) mass is 399 g/mol. The van der Waals surface area contributed by atoms with E-state index in [0.717, 1.165) is 12.8 Å². The van der Waals surface area contributed by atoms with E-state index in [1.54, 1.807) is 0 Å². The highest BCUT2D eigenvalue weighted by atomic mass is 32.2. The van der Waals surface area contributed by atoms with Crippen LogP contribution in [0.25, 0.3) is 0 Å². The van der Waals surface area contributed by atoms with E-state index in [9.17, 15) is 8.42 Å². The number of hydrogen-bond donors (Lipinski definition) is 2. The Morgan fingerprint density at radius 1 is 1.23 bits per heavy atom. The average molecular weight is 399 g/mol. The molecule has 6 nitrogen and oxygen atoms in total. The van der Waals surface area contributed by atoms with E-state index in [4.69, 9.17) is 14.5 Å². The first-order chi connectivity index (χ1) is 11.9. The lowest BCUT2D eigenvalue weighted by molar-refractivity contribution is 0.215. The van der Waals surface area contributed by atoms with E-state index in [1.165, 1.54) is 28.6 Å². The second-order valence-corrected chi connectivity index (χ2v) is 15.1. The van der Waals surface area contributed by atoms with Gasteiger partial charge in [0.2, 0.25) is 10.0 Å². The van der Waals surface area contributed by atoms with Crippen molar-refractivity contribution in [2.45, 2.75) is 62.7 Å². The molecule has 0 bridgehead atoms. The molecule has 0 aliphatic carbocycles. The summed E-state index contributed by atoms with van der Waals surface area (Å²) >= 11 is 0. The molecule has 0 unspecified atom stereocenters. The molecule has 2 rings (SSSR count). The van der Waals surface area contributed by atoms with Crippen LogP contribution in [0.1, 0.15) is 33.6 Å². The molecule has 26 heavy (non-hydrogen) atoms. The normalized spacial score (nSPS) is 19.7. The van der Waals surface area contributed by atoms with Crippen molar-refractivity contribution in [2.24, 2.45) is 0 Å². The maximum Gasteiger partial charge on any atom is 0.488 e. The van der Waals surface area contributed by atoms with E-state index in [0.29, 0.717) is 13.2 Å². The van der Waals surface area contributed by atoms with Crippen LogP contribution in [0.3, 0.4) is 0 Å². The maximum atomic E-state index is 13.0. The van der Waals surface area contributed by atoms with Crippen LogP contribution in [-0.4, -0.2) is 57.4 Å². The second kappa shape index (κ2) is 7.73. The third-order valence-electron chi connectivity index (χ3n) is 5.55. The SMILES string of the molecule is CC(C)(C)[Si](C)(C)OC[C@H]1CCCN1S(=O)(=O)c1ccc(B(O)O)cc1. The summed E-state index contributed by atoms with van der Waals surface area (Å²) < 4.78 is 33.8. The summed E-state index contributed by atoms with van der Waals surface area (Å²) in [5.74, 6) is 0. The Morgan fingerprint density at radius 3 is 2.31 bits per heavy atom. The second-order valence-electron chi connectivity index (χ2n) is 8.43. The molecular weight excluding hydrogens is 369 g/mol. The van der Waals surface area contributed by atoms with Crippen LogP contribution < -0.4 is 5.46 Å². The summed E-state index contributed by atoms with van der Waals surface area (Å²) in [4.78, 5) is 0.168. The van der Waals surface area contributed by atoms with Gasteiger partial charge in [-0.25, -0.2) is 8.42 Å². The van der Waals surface area contributed by atoms with Crippen molar-refractivity contribution in [3.8, 4) is 0 Å². The fraction of sp³-hybridized carbons (Fsp3) is 0.647. The molecule has 0 spiro atoms. The fourth-order valence-corrected chi connectivity index (χ4v) is 5.48. The fourth-order valence-electron chi connectivity index (χ4n) is 2.76. The van der Waals surface area contributed by atoms with E-state index < -0.39 is 25.5 Å². The van der Waals surface area contributed by atoms with Gasteiger partial charge in [0.05, 0.1) is 11.5 Å². The molecule has 0 amide bonds. The van der Waals surface area contributed by atoms with Crippen molar-refractivity contribution in [2.75, 3.05) is 13.2 Å². The molecule has 1 aromatic rings. The highest BCUT2D eigenvalue weighted by Crippen LogP contribution is 2.37. The van der Waals surface area contributed by atoms with Gasteiger partial charge in [0, 0.05) is 12.6 Å². The number of benzene rings is 1. The molecule has 1 atom stereocenters. The highest BCUT2D eigenvalue weighted by Gasteiger charge is 2.40. The highest BCUT2D eigenvalue weighted by molar-refractivity contribution is 7.89.